The molecule has 5 heteroatoms. The number of benzene rings is 1. The van der Waals surface area contributed by atoms with E-state index in [0.717, 1.165) is 23.8 Å². The van der Waals surface area contributed by atoms with Crippen LogP contribution in [-0.2, 0) is 11.9 Å². The van der Waals surface area contributed by atoms with Crippen molar-refractivity contribution in [2.45, 2.75) is 25.7 Å². The lowest BCUT2D eigenvalue weighted by atomic mass is 10.1. The van der Waals surface area contributed by atoms with E-state index < -0.39 is 0 Å². The topological polar surface area (TPSA) is 30.7 Å². The summed E-state index contributed by atoms with van der Waals surface area (Å²) in [5.41, 5.74) is 1.51. The lowest BCUT2D eigenvalue weighted by Gasteiger charge is -2.07. The minimum atomic E-state index is -0.197. The Hall–Kier alpha value is -1.23. The molecular weight excluding hydrogens is 285 g/mol. The molecule has 0 unspecified atom stereocenters. The molecule has 0 saturated carbocycles. The predicted octanol–water partition coefficient (Wildman–Crippen LogP) is 3.31. The third-order valence-electron chi connectivity index (χ3n) is 2.68. The number of rotatable bonds is 3. The van der Waals surface area contributed by atoms with Crippen molar-refractivity contribution in [3.05, 3.63) is 35.4 Å². The largest absolute Gasteiger partial charge is 0.311 e. The van der Waals surface area contributed by atoms with Crippen molar-refractivity contribution in [2.75, 3.05) is 0 Å². The van der Waals surface area contributed by atoms with Crippen LogP contribution in [-0.4, -0.2) is 14.8 Å². The first-order chi connectivity index (χ1) is 8.17. The zero-order chi connectivity index (χ0) is 12.4. The number of hydrogen-bond acceptors (Lipinski definition) is 2. The zero-order valence-corrected chi connectivity index (χ0v) is 11.3. The Morgan fingerprint density at radius 1 is 1.35 bits per heavy atom. The van der Waals surface area contributed by atoms with Crippen LogP contribution < -0.4 is 0 Å². The SMILES string of the molecule is CCn1c(CBr)nnc1-c1ccc(F)c(C)c1. The average molecular weight is 298 g/mol. The summed E-state index contributed by atoms with van der Waals surface area (Å²) in [5, 5.41) is 8.93. The van der Waals surface area contributed by atoms with Gasteiger partial charge in [0.15, 0.2) is 5.82 Å². The van der Waals surface area contributed by atoms with Crippen molar-refractivity contribution in [3.8, 4) is 11.4 Å². The summed E-state index contributed by atoms with van der Waals surface area (Å²) in [6.07, 6.45) is 0. The van der Waals surface area contributed by atoms with E-state index in [9.17, 15) is 4.39 Å². The number of aryl methyl sites for hydroxylation is 1. The van der Waals surface area contributed by atoms with E-state index in [4.69, 9.17) is 0 Å². The number of aromatic nitrogens is 3. The van der Waals surface area contributed by atoms with Crippen LogP contribution in [0.3, 0.4) is 0 Å². The summed E-state index contributed by atoms with van der Waals surface area (Å²) < 4.78 is 15.2. The first-order valence-electron chi connectivity index (χ1n) is 5.42. The first-order valence-corrected chi connectivity index (χ1v) is 6.54. The fourth-order valence-corrected chi connectivity index (χ4v) is 2.18. The van der Waals surface area contributed by atoms with Gasteiger partial charge in [-0.25, -0.2) is 4.39 Å². The lowest BCUT2D eigenvalue weighted by molar-refractivity contribution is 0.618. The van der Waals surface area contributed by atoms with Crippen molar-refractivity contribution >= 4 is 15.9 Å². The molecule has 1 aromatic carbocycles. The second kappa shape index (κ2) is 4.96. The molecule has 2 aromatic rings. The molecule has 0 aliphatic heterocycles. The molecule has 0 spiro atoms. The Morgan fingerprint density at radius 2 is 2.12 bits per heavy atom. The molecule has 0 aliphatic carbocycles. The summed E-state index contributed by atoms with van der Waals surface area (Å²) in [7, 11) is 0. The molecule has 17 heavy (non-hydrogen) atoms. The highest BCUT2D eigenvalue weighted by Gasteiger charge is 2.12. The smallest absolute Gasteiger partial charge is 0.163 e. The maximum absolute atomic E-state index is 13.2. The fourth-order valence-electron chi connectivity index (χ4n) is 1.76. The molecule has 0 amide bonds. The van der Waals surface area contributed by atoms with E-state index in [-0.39, 0.29) is 5.82 Å². The monoisotopic (exact) mass is 297 g/mol. The second-order valence-electron chi connectivity index (χ2n) is 3.78. The third kappa shape index (κ3) is 2.24. The van der Waals surface area contributed by atoms with Gasteiger partial charge in [-0.1, -0.05) is 15.9 Å². The van der Waals surface area contributed by atoms with Gasteiger partial charge in [0.1, 0.15) is 11.6 Å². The van der Waals surface area contributed by atoms with E-state index in [1.54, 1.807) is 19.1 Å². The lowest BCUT2D eigenvalue weighted by Crippen LogP contribution is -2.02. The van der Waals surface area contributed by atoms with E-state index in [1.807, 2.05) is 11.5 Å². The zero-order valence-electron chi connectivity index (χ0n) is 9.74. The molecule has 0 N–H and O–H groups in total. The summed E-state index contributed by atoms with van der Waals surface area (Å²) in [5.74, 6) is 1.46. The summed E-state index contributed by atoms with van der Waals surface area (Å²) in [4.78, 5) is 0. The van der Waals surface area contributed by atoms with Crippen LogP contribution in [0.25, 0.3) is 11.4 Å². The Kier molecular flexibility index (Phi) is 3.57. The van der Waals surface area contributed by atoms with E-state index in [1.165, 1.54) is 6.07 Å². The Bertz CT molecular complexity index is 537. The second-order valence-corrected chi connectivity index (χ2v) is 4.34. The third-order valence-corrected chi connectivity index (χ3v) is 3.18. The van der Waals surface area contributed by atoms with Crippen LogP contribution in [0, 0.1) is 12.7 Å². The van der Waals surface area contributed by atoms with Crippen LogP contribution in [0.2, 0.25) is 0 Å². The van der Waals surface area contributed by atoms with Crippen LogP contribution in [0.5, 0.6) is 0 Å². The molecule has 1 heterocycles. The average Bonchev–Trinajstić information content (AvgIpc) is 2.75. The van der Waals surface area contributed by atoms with Crippen molar-refractivity contribution in [2.24, 2.45) is 0 Å². The Balaban J connectivity index is 2.52. The Morgan fingerprint density at radius 3 is 2.71 bits per heavy atom. The van der Waals surface area contributed by atoms with E-state index in [2.05, 4.69) is 26.1 Å². The minimum absolute atomic E-state index is 0.197. The van der Waals surface area contributed by atoms with Gasteiger partial charge < -0.3 is 4.57 Å². The molecule has 1 aromatic heterocycles. The van der Waals surface area contributed by atoms with E-state index >= 15 is 0 Å². The summed E-state index contributed by atoms with van der Waals surface area (Å²) in [6.45, 7) is 4.58. The normalized spacial score (nSPS) is 10.8. The van der Waals surface area contributed by atoms with Crippen LogP contribution >= 0.6 is 15.9 Å². The molecule has 0 aliphatic rings. The van der Waals surface area contributed by atoms with Gasteiger partial charge in [0.25, 0.3) is 0 Å². The molecule has 0 saturated heterocycles. The van der Waals surface area contributed by atoms with Gasteiger partial charge in [0.05, 0.1) is 5.33 Å². The van der Waals surface area contributed by atoms with Crippen LogP contribution in [0.15, 0.2) is 18.2 Å². The van der Waals surface area contributed by atoms with Crippen molar-refractivity contribution in [1.29, 1.82) is 0 Å². The fraction of sp³-hybridized carbons (Fsp3) is 0.333. The van der Waals surface area contributed by atoms with Crippen molar-refractivity contribution in [1.82, 2.24) is 14.8 Å². The first kappa shape index (κ1) is 12.2. The maximum Gasteiger partial charge on any atom is 0.163 e. The molecule has 2 rings (SSSR count). The highest BCUT2D eigenvalue weighted by Crippen LogP contribution is 2.21. The van der Waals surface area contributed by atoms with Gasteiger partial charge in [-0.05, 0) is 37.6 Å². The minimum Gasteiger partial charge on any atom is -0.311 e. The van der Waals surface area contributed by atoms with Crippen LogP contribution in [0.1, 0.15) is 18.3 Å². The maximum atomic E-state index is 13.2. The quantitative estimate of drug-likeness (QED) is 0.814. The van der Waals surface area contributed by atoms with Gasteiger partial charge in [0, 0.05) is 12.1 Å². The van der Waals surface area contributed by atoms with Crippen LogP contribution in [0.4, 0.5) is 4.39 Å². The highest BCUT2D eigenvalue weighted by molar-refractivity contribution is 9.08. The van der Waals surface area contributed by atoms with Gasteiger partial charge in [0.2, 0.25) is 0 Å². The molecule has 0 bridgehead atoms. The summed E-state index contributed by atoms with van der Waals surface area (Å²) in [6, 6.07) is 4.99. The molecule has 90 valence electrons. The predicted molar refractivity (Wildman–Crippen MR) is 68.5 cm³/mol. The molecule has 3 nitrogen and oxygen atoms in total. The van der Waals surface area contributed by atoms with Crippen molar-refractivity contribution in [3.63, 3.8) is 0 Å². The standard InChI is InChI=1S/C12H13BrFN3/c1-3-17-11(7-13)15-16-12(17)9-4-5-10(14)8(2)6-9/h4-6H,3,7H2,1-2H3. The Labute approximate surface area is 108 Å². The van der Waals surface area contributed by atoms with Crippen molar-refractivity contribution < 1.29 is 4.39 Å². The molecule has 0 radical (unpaired) electrons. The molecule has 0 atom stereocenters. The van der Waals surface area contributed by atoms with Gasteiger partial charge in [-0.15, -0.1) is 10.2 Å². The molecule has 0 fully saturated rings. The van der Waals surface area contributed by atoms with E-state index in [0.29, 0.717) is 10.9 Å². The number of hydrogen-bond donors (Lipinski definition) is 0. The van der Waals surface area contributed by atoms with Gasteiger partial charge in [-0.3, -0.25) is 0 Å². The van der Waals surface area contributed by atoms with Gasteiger partial charge in [-0.2, -0.15) is 0 Å². The number of nitrogens with zero attached hydrogens (tertiary/aromatic N) is 3. The summed E-state index contributed by atoms with van der Waals surface area (Å²) >= 11 is 3.38. The highest BCUT2D eigenvalue weighted by atomic mass is 79.9. The van der Waals surface area contributed by atoms with Gasteiger partial charge >= 0.3 is 0 Å². The number of halogens is 2. The number of alkyl halides is 1. The molecular formula is C12H13BrFN3.